The van der Waals surface area contributed by atoms with Gasteiger partial charge in [-0.15, -0.1) is 0 Å². The quantitative estimate of drug-likeness (QED) is 0.0867. The number of nitro benzene ring substituents is 2. The molecule has 0 atom stereocenters. The molecular weight excluding hydrogens is 694 g/mol. The molecule has 0 bridgehead atoms. The molecule has 3 heterocycles. The number of nitrogens with zero attached hydrogens (tertiary/aromatic N) is 5. The van der Waals surface area contributed by atoms with Crippen molar-refractivity contribution < 1.29 is 33.8 Å². The van der Waals surface area contributed by atoms with Crippen LogP contribution in [0.15, 0.2) is 121 Å². The van der Waals surface area contributed by atoms with E-state index < -0.39 is 44.9 Å². The normalized spacial score (nSPS) is 13.3. The van der Waals surface area contributed by atoms with Gasteiger partial charge in [0.15, 0.2) is 0 Å². The summed E-state index contributed by atoms with van der Waals surface area (Å²) in [5.74, 6) is -2.26. The Morgan fingerprint density at radius 2 is 0.926 bits per heavy atom. The molecule has 0 saturated carbocycles. The highest BCUT2D eigenvalue weighted by Crippen LogP contribution is 2.38. The minimum Gasteiger partial charge on any atom is -0.497 e. The molecule has 2 aliphatic rings. The van der Waals surface area contributed by atoms with Crippen LogP contribution in [0.4, 0.5) is 22.7 Å². The number of nitro groups is 2. The second-order valence-corrected chi connectivity index (χ2v) is 12.3. The van der Waals surface area contributed by atoms with E-state index in [0.29, 0.717) is 28.3 Å². The largest absolute Gasteiger partial charge is 0.497 e. The molecule has 0 unspecified atom stereocenters. The molecule has 5 aromatic carbocycles. The fourth-order valence-corrected chi connectivity index (χ4v) is 6.65. The van der Waals surface area contributed by atoms with Crippen LogP contribution >= 0.6 is 0 Å². The summed E-state index contributed by atoms with van der Waals surface area (Å²) in [7, 11) is 1.57. The van der Waals surface area contributed by atoms with Crippen molar-refractivity contribution in [1.29, 1.82) is 0 Å². The Kier molecular flexibility index (Phi) is 7.84. The zero-order valence-electron chi connectivity index (χ0n) is 28.0. The predicted molar refractivity (Wildman–Crippen MR) is 196 cm³/mol. The summed E-state index contributed by atoms with van der Waals surface area (Å²) in [5.41, 5.74) is 2.87. The molecule has 6 aromatic rings. The van der Waals surface area contributed by atoms with Gasteiger partial charge in [-0.25, -0.2) is 14.8 Å². The molecular formula is C40H23N5O9. The summed E-state index contributed by atoms with van der Waals surface area (Å²) in [4.78, 5) is 81.5. The van der Waals surface area contributed by atoms with Gasteiger partial charge in [0.1, 0.15) is 16.9 Å². The van der Waals surface area contributed by atoms with Crippen molar-refractivity contribution in [2.75, 3.05) is 16.9 Å². The topological polar surface area (TPSA) is 183 Å². The number of pyridine rings is 1. The molecule has 0 spiro atoms. The van der Waals surface area contributed by atoms with Crippen molar-refractivity contribution in [3.63, 3.8) is 0 Å². The molecule has 0 aliphatic carbocycles. The Hall–Kier alpha value is -7.87. The Bertz CT molecular complexity index is 2470. The standard InChI is InChI=1S/C40H23N5O9/c1-54-28-18-12-22(13-19-28)25-20-31(23-8-14-26(15-9-23)42-37(46)29-4-2-6-33(44(50)51)35(29)39(42)48)41-32(21-25)24-10-16-27(17-11-24)43-38(47)30-5-3-7-34(45(52)53)36(30)40(43)49/h2-21H,1H3. The van der Waals surface area contributed by atoms with Crippen molar-refractivity contribution in [2.45, 2.75) is 0 Å². The fraction of sp³-hybridized carbons (Fsp3) is 0.0250. The molecule has 0 N–H and O–H groups in total. The van der Waals surface area contributed by atoms with Gasteiger partial charge in [-0.2, -0.15) is 0 Å². The van der Waals surface area contributed by atoms with Crippen LogP contribution in [0, 0.1) is 20.2 Å². The molecule has 4 amide bonds. The van der Waals surface area contributed by atoms with E-state index in [1.807, 2.05) is 36.4 Å². The number of methoxy groups -OCH3 is 1. The molecule has 1 aromatic heterocycles. The van der Waals surface area contributed by atoms with Gasteiger partial charge in [0.25, 0.3) is 35.0 Å². The van der Waals surface area contributed by atoms with Crippen LogP contribution < -0.4 is 14.5 Å². The summed E-state index contributed by atoms with van der Waals surface area (Å²) in [6.45, 7) is 0. The number of imide groups is 2. The van der Waals surface area contributed by atoms with Crippen LogP contribution in [0.25, 0.3) is 33.6 Å². The molecule has 14 heteroatoms. The van der Waals surface area contributed by atoms with Gasteiger partial charge in [-0.05, 0) is 71.8 Å². The number of amides is 4. The molecule has 2 aliphatic heterocycles. The third-order valence-electron chi connectivity index (χ3n) is 9.27. The van der Waals surface area contributed by atoms with Crippen molar-refractivity contribution >= 4 is 46.4 Å². The molecule has 0 radical (unpaired) electrons. The molecule has 0 saturated heterocycles. The van der Waals surface area contributed by atoms with Crippen molar-refractivity contribution in [3.8, 4) is 39.4 Å². The number of carbonyl (C=O) groups excluding carboxylic acids is 4. The van der Waals surface area contributed by atoms with Crippen LogP contribution in [-0.2, 0) is 0 Å². The third-order valence-corrected chi connectivity index (χ3v) is 9.27. The van der Waals surface area contributed by atoms with E-state index >= 15 is 0 Å². The first-order chi connectivity index (χ1) is 26.0. The Morgan fingerprint density at radius 1 is 0.519 bits per heavy atom. The zero-order valence-corrected chi connectivity index (χ0v) is 28.0. The number of benzene rings is 5. The lowest BCUT2D eigenvalue weighted by atomic mass is 9.99. The van der Waals surface area contributed by atoms with E-state index in [1.165, 1.54) is 36.4 Å². The van der Waals surface area contributed by atoms with Crippen LogP contribution in [0.1, 0.15) is 41.4 Å². The summed E-state index contributed by atoms with van der Waals surface area (Å²) in [6.07, 6.45) is 0. The van der Waals surface area contributed by atoms with Gasteiger partial charge in [0.2, 0.25) is 0 Å². The monoisotopic (exact) mass is 717 g/mol. The van der Waals surface area contributed by atoms with E-state index in [2.05, 4.69) is 0 Å². The van der Waals surface area contributed by atoms with E-state index in [4.69, 9.17) is 9.72 Å². The second-order valence-electron chi connectivity index (χ2n) is 12.3. The first-order valence-electron chi connectivity index (χ1n) is 16.3. The van der Waals surface area contributed by atoms with Gasteiger partial charge >= 0.3 is 0 Å². The van der Waals surface area contributed by atoms with Crippen LogP contribution in [0.2, 0.25) is 0 Å². The number of fused-ring (bicyclic) bond motifs is 2. The third kappa shape index (κ3) is 5.33. The zero-order chi connectivity index (χ0) is 37.8. The van der Waals surface area contributed by atoms with Gasteiger partial charge in [-0.3, -0.25) is 39.4 Å². The van der Waals surface area contributed by atoms with Crippen molar-refractivity contribution in [3.05, 3.63) is 164 Å². The van der Waals surface area contributed by atoms with Crippen LogP contribution in [0.3, 0.4) is 0 Å². The SMILES string of the molecule is COc1ccc(-c2cc(-c3ccc(N4C(=O)c5cccc([N+](=O)[O-])c5C4=O)cc3)nc(-c3ccc(N4C(=O)c5cccc([N+](=O)[O-])c5C4=O)cc3)c2)cc1. The van der Waals surface area contributed by atoms with Gasteiger partial charge in [0, 0.05) is 23.3 Å². The summed E-state index contributed by atoms with van der Waals surface area (Å²) in [5, 5.41) is 23.2. The molecule has 0 fully saturated rings. The minimum absolute atomic E-state index is 0.0490. The number of ether oxygens (including phenoxy) is 1. The fourth-order valence-electron chi connectivity index (χ4n) is 6.65. The Labute approximate surface area is 304 Å². The lowest BCUT2D eigenvalue weighted by Gasteiger charge is -2.16. The molecule has 14 nitrogen and oxygen atoms in total. The van der Waals surface area contributed by atoms with E-state index in [0.717, 1.165) is 20.9 Å². The van der Waals surface area contributed by atoms with E-state index in [-0.39, 0.29) is 33.6 Å². The number of carbonyl (C=O) groups is 4. The molecule has 54 heavy (non-hydrogen) atoms. The predicted octanol–water partition coefficient (Wildman–Crippen LogP) is 7.51. The first-order valence-corrected chi connectivity index (χ1v) is 16.3. The van der Waals surface area contributed by atoms with Gasteiger partial charge in [-0.1, -0.05) is 48.5 Å². The summed E-state index contributed by atoms with van der Waals surface area (Å²) in [6, 6.07) is 32.0. The lowest BCUT2D eigenvalue weighted by Crippen LogP contribution is -2.29. The highest BCUT2D eigenvalue weighted by Gasteiger charge is 2.43. The molecule has 262 valence electrons. The Balaban J connectivity index is 1.15. The Morgan fingerprint density at radius 3 is 1.31 bits per heavy atom. The number of aromatic nitrogens is 1. The highest BCUT2D eigenvalue weighted by molar-refractivity contribution is 6.36. The van der Waals surface area contributed by atoms with E-state index in [1.54, 1.807) is 55.6 Å². The molecule has 8 rings (SSSR count). The van der Waals surface area contributed by atoms with Crippen LogP contribution in [0.5, 0.6) is 5.75 Å². The number of anilines is 2. The van der Waals surface area contributed by atoms with Crippen LogP contribution in [-0.4, -0.2) is 45.6 Å². The van der Waals surface area contributed by atoms with Gasteiger partial charge < -0.3 is 4.74 Å². The number of hydrogen-bond donors (Lipinski definition) is 0. The summed E-state index contributed by atoms with van der Waals surface area (Å²) >= 11 is 0. The maximum absolute atomic E-state index is 13.3. The highest BCUT2D eigenvalue weighted by atomic mass is 16.6. The summed E-state index contributed by atoms with van der Waals surface area (Å²) < 4.78 is 5.32. The van der Waals surface area contributed by atoms with Crippen molar-refractivity contribution in [2.24, 2.45) is 0 Å². The number of hydrogen-bond acceptors (Lipinski definition) is 10. The van der Waals surface area contributed by atoms with Crippen molar-refractivity contribution in [1.82, 2.24) is 4.98 Å². The maximum Gasteiger partial charge on any atom is 0.283 e. The lowest BCUT2D eigenvalue weighted by molar-refractivity contribution is -0.385. The minimum atomic E-state index is -0.792. The first kappa shape index (κ1) is 33.3. The average Bonchev–Trinajstić information content (AvgIpc) is 3.61. The number of rotatable bonds is 8. The average molecular weight is 718 g/mol. The second kappa shape index (κ2) is 12.7. The maximum atomic E-state index is 13.3. The smallest absolute Gasteiger partial charge is 0.283 e. The van der Waals surface area contributed by atoms with E-state index in [9.17, 15) is 39.4 Å². The van der Waals surface area contributed by atoms with Gasteiger partial charge in [0.05, 0.1) is 50.8 Å².